The molecule has 1 nitrogen and oxygen atoms in total. The van der Waals surface area contributed by atoms with Crippen LogP contribution in [0.3, 0.4) is 0 Å². The first-order chi connectivity index (χ1) is 27.2. The summed E-state index contributed by atoms with van der Waals surface area (Å²) >= 11 is 0. The number of nitrogens with one attached hydrogen (secondary N) is 1. The molecule has 0 spiro atoms. The maximum absolute atomic E-state index is 4.39. The van der Waals surface area contributed by atoms with E-state index < -0.39 is 0 Å². The first kappa shape index (κ1) is 35.3. The zero-order valence-corrected chi connectivity index (χ0v) is 31.4. The van der Waals surface area contributed by atoms with E-state index in [1.165, 1.54) is 70.9 Å². The molecule has 0 aliphatic carbocycles. The average molecular weight is 708 g/mol. The first-order valence-electron chi connectivity index (χ1n) is 19.2. The van der Waals surface area contributed by atoms with E-state index in [0.717, 1.165) is 36.1 Å². The summed E-state index contributed by atoms with van der Waals surface area (Å²) in [6.07, 6.45) is 17.0. The van der Waals surface area contributed by atoms with E-state index in [2.05, 4.69) is 213 Å². The van der Waals surface area contributed by atoms with E-state index in [1.807, 2.05) is 6.20 Å². The van der Waals surface area contributed by atoms with Gasteiger partial charge >= 0.3 is 0 Å². The van der Waals surface area contributed by atoms with Crippen molar-refractivity contribution in [2.45, 2.75) is 26.3 Å². The van der Waals surface area contributed by atoms with Crippen molar-refractivity contribution in [3.63, 3.8) is 0 Å². The summed E-state index contributed by atoms with van der Waals surface area (Å²) in [5.74, 6) is 0. The van der Waals surface area contributed by atoms with Crippen LogP contribution in [0.15, 0.2) is 213 Å². The smallest absolute Gasteiger partial charge is 0.0395 e. The number of allylic oxidation sites excluding steroid dienone is 8. The van der Waals surface area contributed by atoms with Gasteiger partial charge in [-0.05, 0) is 132 Å². The van der Waals surface area contributed by atoms with E-state index in [9.17, 15) is 0 Å². The molecule has 0 aliphatic heterocycles. The Morgan fingerprint density at radius 2 is 1.15 bits per heavy atom. The molecule has 0 atom stereocenters. The third-order valence-electron chi connectivity index (χ3n) is 10.4. The normalized spacial score (nSPS) is 12.3. The van der Waals surface area contributed by atoms with Crippen LogP contribution in [0.4, 0.5) is 0 Å². The second-order valence-electron chi connectivity index (χ2n) is 14.1. The molecule has 0 fully saturated rings. The van der Waals surface area contributed by atoms with E-state index in [-0.39, 0.29) is 0 Å². The van der Waals surface area contributed by atoms with Crippen LogP contribution in [0.2, 0.25) is 0 Å². The largest absolute Gasteiger partial charge is 0.387 e. The second kappa shape index (κ2) is 16.5. The summed E-state index contributed by atoms with van der Waals surface area (Å²) in [7, 11) is 0. The Morgan fingerprint density at radius 1 is 0.564 bits per heavy atom. The fraction of sp³-hybridized carbons (Fsp3) is 0.0741. The molecule has 0 aliphatic rings. The van der Waals surface area contributed by atoms with Gasteiger partial charge in [0.15, 0.2) is 0 Å². The highest BCUT2D eigenvalue weighted by Gasteiger charge is 2.18. The molecule has 55 heavy (non-hydrogen) atoms. The highest BCUT2D eigenvalue weighted by molar-refractivity contribution is 6.22. The van der Waals surface area contributed by atoms with Crippen molar-refractivity contribution in [2.24, 2.45) is 0 Å². The maximum Gasteiger partial charge on any atom is 0.0395 e. The van der Waals surface area contributed by atoms with Crippen LogP contribution in [0.5, 0.6) is 0 Å². The molecule has 1 N–H and O–H groups in total. The van der Waals surface area contributed by atoms with Crippen LogP contribution >= 0.6 is 0 Å². The Hall–Kier alpha value is -6.70. The molecular weight excluding hydrogens is 663 g/mol. The molecule has 1 heteroatoms. The predicted molar refractivity (Wildman–Crippen MR) is 240 cm³/mol. The summed E-state index contributed by atoms with van der Waals surface area (Å²) < 4.78 is 0. The van der Waals surface area contributed by atoms with E-state index >= 15 is 0 Å². The monoisotopic (exact) mass is 707 g/mol. The standard InChI is InChI=1S/C54H45N/c1-3-4-6-16-39(2)26-27-43(23-15-34-55-38-40-17-7-5-8-18-40)46-32-33-51-52(37-46)54(48-31-29-42-20-10-12-22-45(42)36-48)50-25-14-13-24-49(50)53(51)47-30-28-41-19-9-11-21-44(41)35-47/h3-5,7-15,17-37,55H,2,6,16,38H2,1H3/b4-3-,27-26-,34-15+,43-23+. The molecule has 8 aromatic carbocycles. The first-order valence-corrected chi connectivity index (χ1v) is 19.2. The summed E-state index contributed by atoms with van der Waals surface area (Å²) in [5, 5.41) is 13.4. The van der Waals surface area contributed by atoms with Crippen molar-refractivity contribution in [2.75, 3.05) is 0 Å². The van der Waals surface area contributed by atoms with Gasteiger partial charge in [0.2, 0.25) is 0 Å². The minimum Gasteiger partial charge on any atom is -0.387 e. The van der Waals surface area contributed by atoms with Gasteiger partial charge in [-0.25, -0.2) is 0 Å². The van der Waals surface area contributed by atoms with Gasteiger partial charge in [-0.15, -0.1) is 0 Å². The lowest BCUT2D eigenvalue weighted by Gasteiger charge is -2.19. The number of hydrogen-bond donors (Lipinski definition) is 1. The summed E-state index contributed by atoms with van der Waals surface area (Å²) in [6.45, 7) is 7.23. The molecule has 8 rings (SSSR count). The van der Waals surface area contributed by atoms with Crippen molar-refractivity contribution in [3.05, 3.63) is 224 Å². The summed E-state index contributed by atoms with van der Waals surface area (Å²) in [5.41, 5.74) is 9.58. The minimum atomic E-state index is 0.772. The van der Waals surface area contributed by atoms with Crippen LogP contribution in [0, 0.1) is 0 Å². The lowest BCUT2D eigenvalue weighted by atomic mass is 9.84. The molecular formula is C54H45N. The average Bonchev–Trinajstić information content (AvgIpc) is 3.23. The van der Waals surface area contributed by atoms with Crippen molar-refractivity contribution < 1.29 is 0 Å². The van der Waals surface area contributed by atoms with Crippen molar-refractivity contribution in [1.29, 1.82) is 0 Å². The Bertz CT molecular complexity index is 2780. The minimum absolute atomic E-state index is 0.772. The van der Waals surface area contributed by atoms with Crippen LogP contribution in [-0.4, -0.2) is 0 Å². The fourth-order valence-electron chi connectivity index (χ4n) is 7.64. The molecule has 0 radical (unpaired) electrons. The molecule has 0 saturated heterocycles. The van der Waals surface area contributed by atoms with E-state index in [0.29, 0.717) is 0 Å². The van der Waals surface area contributed by atoms with E-state index in [1.54, 1.807) is 0 Å². The molecule has 0 saturated carbocycles. The van der Waals surface area contributed by atoms with Gasteiger partial charge in [0, 0.05) is 6.54 Å². The van der Waals surface area contributed by atoms with Gasteiger partial charge in [-0.2, -0.15) is 0 Å². The van der Waals surface area contributed by atoms with E-state index in [4.69, 9.17) is 0 Å². The fourth-order valence-corrected chi connectivity index (χ4v) is 7.64. The lowest BCUT2D eigenvalue weighted by Crippen LogP contribution is -2.03. The second-order valence-corrected chi connectivity index (χ2v) is 14.1. The molecule has 0 unspecified atom stereocenters. The SMILES string of the molecule is C=C(\C=C/C(=C\C=C\NCc1ccccc1)c1ccc2c(-c3ccc4ccccc4c3)c3ccccc3c(-c3ccc4ccccc4c3)c2c1)CC/C=C\C. The highest BCUT2D eigenvalue weighted by atomic mass is 14.8. The van der Waals surface area contributed by atoms with Crippen LogP contribution in [0.1, 0.15) is 30.9 Å². The topological polar surface area (TPSA) is 12.0 Å². The van der Waals surface area contributed by atoms with Gasteiger partial charge in [-0.1, -0.05) is 182 Å². The highest BCUT2D eigenvalue weighted by Crippen LogP contribution is 2.45. The zero-order chi connectivity index (χ0) is 37.4. The predicted octanol–water partition coefficient (Wildman–Crippen LogP) is 14.8. The van der Waals surface area contributed by atoms with Gasteiger partial charge in [0.05, 0.1) is 0 Å². The Balaban J connectivity index is 1.32. The molecule has 0 aromatic heterocycles. The molecule has 0 heterocycles. The number of fused-ring (bicyclic) bond motifs is 4. The van der Waals surface area contributed by atoms with Crippen molar-refractivity contribution in [1.82, 2.24) is 5.32 Å². The van der Waals surface area contributed by atoms with Gasteiger partial charge in [0.1, 0.15) is 0 Å². The third-order valence-corrected chi connectivity index (χ3v) is 10.4. The third kappa shape index (κ3) is 7.84. The molecule has 0 bridgehead atoms. The van der Waals surface area contributed by atoms with Gasteiger partial charge < -0.3 is 5.32 Å². The summed E-state index contributed by atoms with van der Waals surface area (Å²) in [6, 6.07) is 57.5. The lowest BCUT2D eigenvalue weighted by molar-refractivity contribution is 0.870. The Kier molecular flexibility index (Phi) is 10.6. The number of hydrogen-bond acceptors (Lipinski definition) is 1. The zero-order valence-electron chi connectivity index (χ0n) is 31.4. The van der Waals surface area contributed by atoms with Crippen LogP contribution < -0.4 is 5.32 Å². The molecule has 266 valence electrons. The number of benzene rings is 8. The van der Waals surface area contributed by atoms with Crippen molar-refractivity contribution >= 4 is 48.7 Å². The van der Waals surface area contributed by atoms with Crippen LogP contribution in [0.25, 0.3) is 70.9 Å². The van der Waals surface area contributed by atoms with Gasteiger partial charge in [-0.3, -0.25) is 0 Å². The number of rotatable bonds is 12. The molecule has 0 amide bonds. The summed E-state index contributed by atoms with van der Waals surface area (Å²) in [4.78, 5) is 0. The quantitative estimate of drug-likeness (QED) is 0.0757. The Morgan fingerprint density at radius 3 is 1.80 bits per heavy atom. The van der Waals surface area contributed by atoms with Gasteiger partial charge in [0.25, 0.3) is 0 Å². The molecule has 8 aromatic rings. The van der Waals surface area contributed by atoms with Crippen molar-refractivity contribution in [3.8, 4) is 22.3 Å². The maximum atomic E-state index is 4.39. The van der Waals surface area contributed by atoms with Crippen LogP contribution in [-0.2, 0) is 6.54 Å². The Labute approximate surface area is 325 Å².